The van der Waals surface area contributed by atoms with Crippen molar-refractivity contribution in [2.75, 3.05) is 5.32 Å². The summed E-state index contributed by atoms with van der Waals surface area (Å²) >= 11 is 0. The third-order valence-corrected chi connectivity index (χ3v) is 5.09. The Hall–Kier alpha value is -3.15. The molecule has 1 saturated carbocycles. The van der Waals surface area contributed by atoms with Gasteiger partial charge in [-0.1, -0.05) is 36.4 Å². The maximum Gasteiger partial charge on any atom is 0.404 e. The van der Waals surface area contributed by atoms with E-state index in [1.807, 2.05) is 18.2 Å². The molecule has 1 amide bonds. The molecule has 1 heterocycles. The number of aromatic nitrogens is 2. The minimum atomic E-state index is -0.946. The summed E-state index contributed by atoms with van der Waals surface area (Å²) in [5.74, 6) is 0.621. The molecule has 0 saturated heterocycles. The molecule has 1 fully saturated rings. The van der Waals surface area contributed by atoms with E-state index in [-0.39, 0.29) is 12.1 Å². The summed E-state index contributed by atoms with van der Waals surface area (Å²) in [7, 11) is 0. The number of carboxylic acid groups (broad SMARTS) is 1. The molecule has 6 heteroatoms. The molecule has 0 spiro atoms. The van der Waals surface area contributed by atoms with Gasteiger partial charge in [0.2, 0.25) is 5.95 Å². The first-order valence-corrected chi connectivity index (χ1v) is 9.25. The van der Waals surface area contributed by atoms with Crippen molar-refractivity contribution in [2.24, 2.45) is 0 Å². The number of hydrogen-bond acceptors (Lipinski definition) is 4. The molecule has 0 aliphatic heterocycles. The van der Waals surface area contributed by atoms with Crippen LogP contribution in [0.5, 0.6) is 0 Å². The van der Waals surface area contributed by atoms with E-state index in [1.54, 1.807) is 6.20 Å². The summed E-state index contributed by atoms with van der Waals surface area (Å²) in [5, 5.41) is 17.2. The van der Waals surface area contributed by atoms with Crippen molar-refractivity contribution < 1.29 is 9.90 Å². The van der Waals surface area contributed by atoms with Crippen LogP contribution in [0.4, 0.5) is 10.7 Å². The van der Waals surface area contributed by atoms with Crippen LogP contribution < -0.4 is 10.6 Å². The Bertz CT molecular complexity index is 952. The van der Waals surface area contributed by atoms with Gasteiger partial charge in [0.1, 0.15) is 0 Å². The van der Waals surface area contributed by atoms with Crippen molar-refractivity contribution in [3.05, 3.63) is 54.7 Å². The van der Waals surface area contributed by atoms with Crippen LogP contribution in [-0.4, -0.2) is 33.3 Å². The van der Waals surface area contributed by atoms with Gasteiger partial charge in [-0.05, 0) is 48.6 Å². The highest BCUT2D eigenvalue weighted by molar-refractivity contribution is 5.86. The lowest BCUT2D eigenvalue weighted by molar-refractivity contribution is 0.185. The largest absolute Gasteiger partial charge is 0.465 e. The standard InChI is InChI=1S/C21H22N4O2/c26-21(27)24-18-9-7-17(8-10-18)23-20-22-12-11-19(25-20)16-6-5-14-3-1-2-4-15(14)13-16/h1-6,11-13,17-18,24H,7-10H2,(H,26,27)(H,22,23,25)/t17-,18-. The monoisotopic (exact) mass is 362 g/mol. The average Bonchev–Trinajstić information content (AvgIpc) is 2.69. The van der Waals surface area contributed by atoms with E-state index in [1.165, 1.54) is 10.8 Å². The number of amides is 1. The zero-order valence-corrected chi connectivity index (χ0v) is 14.9. The van der Waals surface area contributed by atoms with Crippen LogP contribution in [-0.2, 0) is 0 Å². The van der Waals surface area contributed by atoms with Gasteiger partial charge in [0.15, 0.2) is 0 Å². The van der Waals surface area contributed by atoms with Crippen LogP contribution >= 0.6 is 0 Å². The van der Waals surface area contributed by atoms with Gasteiger partial charge < -0.3 is 15.7 Å². The molecule has 1 aliphatic carbocycles. The highest BCUT2D eigenvalue weighted by Gasteiger charge is 2.22. The molecule has 0 radical (unpaired) electrons. The van der Waals surface area contributed by atoms with Gasteiger partial charge in [0, 0.05) is 23.8 Å². The maximum atomic E-state index is 10.7. The maximum absolute atomic E-state index is 10.7. The summed E-state index contributed by atoms with van der Waals surface area (Å²) in [4.78, 5) is 19.8. The van der Waals surface area contributed by atoms with E-state index in [0.29, 0.717) is 5.95 Å². The van der Waals surface area contributed by atoms with Crippen molar-refractivity contribution in [2.45, 2.75) is 37.8 Å². The van der Waals surface area contributed by atoms with Gasteiger partial charge in [0.05, 0.1) is 5.69 Å². The number of carbonyl (C=O) groups is 1. The molecule has 138 valence electrons. The highest BCUT2D eigenvalue weighted by atomic mass is 16.4. The van der Waals surface area contributed by atoms with Gasteiger partial charge >= 0.3 is 6.09 Å². The average molecular weight is 362 g/mol. The molecule has 27 heavy (non-hydrogen) atoms. The van der Waals surface area contributed by atoms with Crippen molar-refractivity contribution >= 4 is 22.8 Å². The fraction of sp³-hybridized carbons (Fsp3) is 0.286. The number of nitrogens with one attached hydrogen (secondary N) is 2. The lowest BCUT2D eigenvalue weighted by Gasteiger charge is -2.28. The van der Waals surface area contributed by atoms with Gasteiger partial charge in [-0.2, -0.15) is 0 Å². The third-order valence-electron chi connectivity index (χ3n) is 5.09. The van der Waals surface area contributed by atoms with Crippen molar-refractivity contribution in [1.82, 2.24) is 15.3 Å². The number of fused-ring (bicyclic) bond motifs is 1. The summed E-state index contributed by atoms with van der Waals surface area (Å²) in [6.07, 6.45) is 4.28. The molecule has 0 unspecified atom stereocenters. The highest BCUT2D eigenvalue weighted by Crippen LogP contribution is 2.25. The number of hydrogen-bond donors (Lipinski definition) is 3. The van der Waals surface area contributed by atoms with Crippen LogP contribution in [0.2, 0.25) is 0 Å². The molecule has 1 aliphatic rings. The topological polar surface area (TPSA) is 87.1 Å². The first kappa shape index (κ1) is 17.3. The number of benzene rings is 2. The van der Waals surface area contributed by atoms with Gasteiger partial charge in [-0.3, -0.25) is 0 Å². The minimum Gasteiger partial charge on any atom is -0.465 e. The molecule has 0 bridgehead atoms. The van der Waals surface area contributed by atoms with E-state index in [4.69, 9.17) is 5.11 Å². The van der Waals surface area contributed by atoms with Crippen molar-refractivity contribution in [3.63, 3.8) is 0 Å². The lowest BCUT2D eigenvalue weighted by Crippen LogP contribution is -2.39. The number of nitrogens with zero attached hydrogens (tertiary/aromatic N) is 2. The van der Waals surface area contributed by atoms with Crippen LogP contribution in [0.15, 0.2) is 54.7 Å². The Kier molecular flexibility index (Phi) is 4.87. The second kappa shape index (κ2) is 7.61. The smallest absolute Gasteiger partial charge is 0.404 e. The fourth-order valence-electron chi connectivity index (χ4n) is 3.68. The van der Waals surface area contributed by atoms with Gasteiger partial charge in [-0.25, -0.2) is 14.8 Å². The first-order chi connectivity index (χ1) is 13.2. The molecular weight excluding hydrogens is 340 g/mol. The number of anilines is 1. The first-order valence-electron chi connectivity index (χ1n) is 9.25. The molecule has 4 rings (SSSR count). The Morgan fingerprint density at radius 1 is 0.963 bits per heavy atom. The predicted octanol–water partition coefficient (Wildman–Crippen LogP) is 4.29. The second-order valence-electron chi connectivity index (χ2n) is 6.97. The van der Waals surface area contributed by atoms with Crippen LogP contribution in [0.25, 0.3) is 22.0 Å². The minimum absolute atomic E-state index is 0.0467. The summed E-state index contributed by atoms with van der Waals surface area (Å²) in [6.45, 7) is 0. The summed E-state index contributed by atoms with van der Waals surface area (Å²) in [6, 6.07) is 16.8. The van der Waals surface area contributed by atoms with Crippen molar-refractivity contribution in [3.8, 4) is 11.3 Å². The van der Waals surface area contributed by atoms with E-state index in [0.717, 1.165) is 36.9 Å². The lowest BCUT2D eigenvalue weighted by atomic mass is 9.91. The number of rotatable bonds is 4. The van der Waals surface area contributed by atoms with Crippen LogP contribution in [0, 0.1) is 0 Å². The molecule has 3 aromatic rings. The molecule has 0 atom stereocenters. The zero-order chi connectivity index (χ0) is 18.6. The zero-order valence-electron chi connectivity index (χ0n) is 14.9. The summed E-state index contributed by atoms with van der Waals surface area (Å²) in [5.41, 5.74) is 1.95. The van der Waals surface area contributed by atoms with Crippen LogP contribution in [0.3, 0.4) is 0 Å². The normalized spacial score (nSPS) is 19.6. The van der Waals surface area contributed by atoms with E-state index in [9.17, 15) is 4.79 Å². The molecule has 6 nitrogen and oxygen atoms in total. The SMILES string of the molecule is O=C(O)N[C@H]1CC[C@H](Nc2nccc(-c3ccc4ccccc4c3)n2)CC1. The third kappa shape index (κ3) is 4.16. The molecular formula is C21H22N4O2. The molecule has 1 aromatic heterocycles. The molecule has 3 N–H and O–H groups in total. The van der Waals surface area contributed by atoms with Crippen molar-refractivity contribution in [1.29, 1.82) is 0 Å². The van der Waals surface area contributed by atoms with E-state index >= 15 is 0 Å². The van der Waals surface area contributed by atoms with E-state index < -0.39 is 6.09 Å². The predicted molar refractivity (Wildman–Crippen MR) is 106 cm³/mol. The Balaban J connectivity index is 1.45. The Morgan fingerprint density at radius 2 is 1.70 bits per heavy atom. The Labute approximate surface area is 157 Å². The van der Waals surface area contributed by atoms with Gasteiger partial charge in [-0.15, -0.1) is 0 Å². The quantitative estimate of drug-likeness (QED) is 0.644. The fourth-order valence-corrected chi connectivity index (χ4v) is 3.68. The van der Waals surface area contributed by atoms with E-state index in [2.05, 4.69) is 50.9 Å². The Morgan fingerprint density at radius 3 is 2.48 bits per heavy atom. The van der Waals surface area contributed by atoms with Crippen LogP contribution in [0.1, 0.15) is 25.7 Å². The summed E-state index contributed by atoms with van der Waals surface area (Å²) < 4.78 is 0. The van der Waals surface area contributed by atoms with Gasteiger partial charge in [0.25, 0.3) is 0 Å². The second-order valence-corrected chi connectivity index (χ2v) is 6.97. The molecule has 2 aromatic carbocycles.